The summed E-state index contributed by atoms with van der Waals surface area (Å²) in [6, 6.07) is 7.11. The minimum absolute atomic E-state index is 0.123. The molecule has 0 bridgehead atoms. The van der Waals surface area contributed by atoms with Crippen LogP contribution in [0.5, 0.6) is 0 Å². The second kappa shape index (κ2) is 3.27. The van der Waals surface area contributed by atoms with E-state index in [0.29, 0.717) is 11.1 Å². The number of hydrogen-bond acceptors (Lipinski definition) is 3. The fourth-order valence-corrected chi connectivity index (χ4v) is 1.37. The molecule has 1 aromatic carbocycles. The molecule has 0 aliphatic heterocycles. The van der Waals surface area contributed by atoms with Gasteiger partial charge in [0.1, 0.15) is 17.6 Å². The first-order valence-corrected chi connectivity index (χ1v) is 4.45. The first-order valence-electron chi connectivity index (χ1n) is 4.45. The Morgan fingerprint density at radius 1 is 1.43 bits per heavy atom. The number of benzene rings is 1. The average Bonchev–Trinajstić information content (AvgIpc) is 2.59. The van der Waals surface area contributed by atoms with Crippen molar-refractivity contribution in [2.24, 2.45) is 5.73 Å². The molecule has 1 heterocycles. The van der Waals surface area contributed by atoms with Crippen LogP contribution in [0.2, 0.25) is 0 Å². The molecule has 0 aliphatic rings. The van der Waals surface area contributed by atoms with E-state index in [4.69, 9.17) is 10.2 Å². The first kappa shape index (κ1) is 8.97. The number of carbonyl (C=O) groups excluding carboxylic acids is 1. The lowest BCUT2D eigenvalue weighted by Gasteiger charge is -1.96. The smallest absolute Gasteiger partial charge is 0.150 e. The van der Waals surface area contributed by atoms with Gasteiger partial charge in [-0.05, 0) is 19.1 Å². The molecule has 14 heavy (non-hydrogen) atoms. The van der Waals surface area contributed by atoms with Gasteiger partial charge in [-0.1, -0.05) is 12.1 Å². The highest BCUT2D eigenvalue weighted by molar-refractivity contribution is 5.86. The number of rotatable bonds is 2. The molecule has 0 saturated heterocycles. The molecule has 1 unspecified atom stereocenters. The predicted octanol–water partition coefficient (Wildman–Crippen LogP) is 2.27. The van der Waals surface area contributed by atoms with E-state index >= 15 is 0 Å². The van der Waals surface area contributed by atoms with E-state index in [1.165, 1.54) is 0 Å². The second-order valence-electron chi connectivity index (χ2n) is 3.35. The monoisotopic (exact) mass is 189 g/mol. The van der Waals surface area contributed by atoms with Gasteiger partial charge >= 0.3 is 0 Å². The highest BCUT2D eigenvalue weighted by Crippen LogP contribution is 2.23. The fraction of sp³-hybridized carbons (Fsp3) is 0.182. The molecule has 0 fully saturated rings. The topological polar surface area (TPSA) is 56.2 Å². The van der Waals surface area contributed by atoms with Crippen molar-refractivity contribution in [1.82, 2.24) is 0 Å². The van der Waals surface area contributed by atoms with Crippen LogP contribution in [0.3, 0.4) is 0 Å². The molecule has 0 spiro atoms. The van der Waals surface area contributed by atoms with Gasteiger partial charge in [-0.25, -0.2) is 0 Å². The molecule has 2 N–H and O–H groups in total. The maximum absolute atomic E-state index is 10.5. The molecule has 1 atom stereocenters. The van der Waals surface area contributed by atoms with Crippen molar-refractivity contribution in [2.75, 3.05) is 0 Å². The Morgan fingerprint density at radius 3 is 2.86 bits per heavy atom. The molecule has 0 radical (unpaired) electrons. The molecular formula is C11H11NO2. The largest absolute Gasteiger partial charge is 0.459 e. The van der Waals surface area contributed by atoms with Crippen molar-refractivity contribution >= 4 is 17.3 Å². The third-order valence-electron chi connectivity index (χ3n) is 2.15. The van der Waals surface area contributed by atoms with Gasteiger partial charge in [-0.15, -0.1) is 0 Å². The zero-order valence-electron chi connectivity index (χ0n) is 7.86. The minimum atomic E-state index is -0.123. The van der Waals surface area contributed by atoms with Crippen molar-refractivity contribution in [2.45, 2.75) is 13.0 Å². The van der Waals surface area contributed by atoms with Gasteiger partial charge in [-0.3, -0.25) is 4.79 Å². The predicted molar refractivity (Wildman–Crippen MR) is 54.2 cm³/mol. The summed E-state index contributed by atoms with van der Waals surface area (Å²) >= 11 is 0. The Hall–Kier alpha value is -1.61. The van der Waals surface area contributed by atoms with E-state index in [9.17, 15) is 4.79 Å². The number of hydrogen-bond donors (Lipinski definition) is 1. The Labute approximate surface area is 81.5 Å². The summed E-state index contributed by atoms with van der Waals surface area (Å²) in [4.78, 5) is 10.5. The molecule has 72 valence electrons. The summed E-state index contributed by atoms with van der Waals surface area (Å²) < 4.78 is 5.49. The maximum Gasteiger partial charge on any atom is 0.150 e. The lowest BCUT2D eigenvalue weighted by atomic mass is 10.2. The van der Waals surface area contributed by atoms with Gasteiger partial charge in [0.2, 0.25) is 0 Å². The molecule has 0 saturated carbocycles. The van der Waals surface area contributed by atoms with Crippen LogP contribution < -0.4 is 5.73 Å². The summed E-state index contributed by atoms with van der Waals surface area (Å²) in [5.74, 6) is 0.739. The quantitative estimate of drug-likeness (QED) is 0.737. The summed E-state index contributed by atoms with van der Waals surface area (Å²) in [6.07, 6.45) is 0.799. The molecule has 2 rings (SSSR count). The molecule has 1 aromatic heterocycles. The van der Waals surface area contributed by atoms with Gasteiger partial charge in [0, 0.05) is 10.9 Å². The summed E-state index contributed by atoms with van der Waals surface area (Å²) in [5, 5.41) is 0.975. The summed E-state index contributed by atoms with van der Waals surface area (Å²) in [7, 11) is 0. The van der Waals surface area contributed by atoms with E-state index in [2.05, 4.69) is 0 Å². The zero-order valence-corrected chi connectivity index (χ0v) is 7.86. The first-order chi connectivity index (χ1) is 6.70. The van der Waals surface area contributed by atoms with E-state index in [0.717, 1.165) is 17.4 Å². The van der Waals surface area contributed by atoms with Crippen LogP contribution in [0.4, 0.5) is 0 Å². The van der Waals surface area contributed by atoms with Gasteiger partial charge in [0.15, 0.2) is 0 Å². The Bertz CT molecular complexity index is 471. The number of furan rings is 1. The van der Waals surface area contributed by atoms with Crippen LogP contribution in [0.25, 0.3) is 11.0 Å². The number of fused-ring (bicyclic) bond motifs is 1. The molecule has 0 amide bonds. The molecule has 2 aromatic rings. The van der Waals surface area contributed by atoms with Gasteiger partial charge in [0.05, 0.1) is 6.04 Å². The van der Waals surface area contributed by atoms with Crippen molar-refractivity contribution < 1.29 is 9.21 Å². The van der Waals surface area contributed by atoms with E-state index in [-0.39, 0.29) is 6.04 Å². The van der Waals surface area contributed by atoms with Crippen LogP contribution in [0, 0.1) is 0 Å². The lowest BCUT2D eigenvalue weighted by molar-refractivity contribution is 0.112. The van der Waals surface area contributed by atoms with Crippen molar-refractivity contribution in [3.05, 3.63) is 35.6 Å². The maximum atomic E-state index is 10.5. The van der Waals surface area contributed by atoms with Crippen LogP contribution >= 0.6 is 0 Å². The Balaban J connectivity index is 2.59. The van der Waals surface area contributed by atoms with E-state index in [1.807, 2.05) is 19.1 Å². The average molecular weight is 189 g/mol. The normalized spacial score (nSPS) is 13.0. The molecule has 3 nitrogen and oxygen atoms in total. The third-order valence-corrected chi connectivity index (χ3v) is 2.15. The Morgan fingerprint density at radius 2 is 2.21 bits per heavy atom. The highest BCUT2D eigenvalue weighted by atomic mass is 16.3. The van der Waals surface area contributed by atoms with Crippen LogP contribution in [-0.2, 0) is 0 Å². The second-order valence-corrected chi connectivity index (χ2v) is 3.35. The van der Waals surface area contributed by atoms with Gasteiger partial charge < -0.3 is 10.2 Å². The number of carbonyl (C=O) groups is 1. The standard InChI is InChI=1S/C11H11NO2/c1-7(12)10-5-9-3-2-8(6-13)4-11(9)14-10/h2-7H,12H2,1H3. The van der Waals surface area contributed by atoms with Crippen molar-refractivity contribution in [3.8, 4) is 0 Å². The molecular weight excluding hydrogens is 178 g/mol. The van der Waals surface area contributed by atoms with Crippen molar-refractivity contribution in [1.29, 1.82) is 0 Å². The third kappa shape index (κ3) is 1.42. The summed E-state index contributed by atoms with van der Waals surface area (Å²) in [6.45, 7) is 1.86. The van der Waals surface area contributed by atoms with Crippen LogP contribution in [0.1, 0.15) is 29.1 Å². The van der Waals surface area contributed by atoms with Crippen LogP contribution in [-0.4, -0.2) is 6.29 Å². The minimum Gasteiger partial charge on any atom is -0.459 e. The SMILES string of the molecule is CC(N)c1cc2ccc(C=O)cc2o1. The lowest BCUT2D eigenvalue weighted by Crippen LogP contribution is -2.02. The van der Waals surface area contributed by atoms with Crippen molar-refractivity contribution in [3.63, 3.8) is 0 Å². The molecule has 0 aliphatic carbocycles. The molecule has 3 heteroatoms. The van der Waals surface area contributed by atoms with E-state index < -0.39 is 0 Å². The van der Waals surface area contributed by atoms with Gasteiger partial charge in [0.25, 0.3) is 0 Å². The van der Waals surface area contributed by atoms with E-state index in [1.54, 1.807) is 12.1 Å². The number of aldehydes is 1. The van der Waals surface area contributed by atoms with Gasteiger partial charge in [-0.2, -0.15) is 0 Å². The summed E-state index contributed by atoms with van der Waals surface area (Å²) in [5.41, 5.74) is 7.01. The zero-order chi connectivity index (χ0) is 10.1. The Kier molecular flexibility index (Phi) is 2.09. The number of nitrogens with two attached hydrogens (primary N) is 1. The highest BCUT2D eigenvalue weighted by Gasteiger charge is 2.07. The fourth-order valence-electron chi connectivity index (χ4n) is 1.37. The van der Waals surface area contributed by atoms with Crippen LogP contribution in [0.15, 0.2) is 28.7 Å².